The predicted octanol–water partition coefficient (Wildman–Crippen LogP) is 2.13. The maximum Gasteiger partial charge on any atom is 0.0402 e. The number of nitrogens with zero attached hydrogens (tertiary/aromatic N) is 1. The van der Waals surface area contributed by atoms with E-state index in [0.717, 1.165) is 13.1 Å². The summed E-state index contributed by atoms with van der Waals surface area (Å²) < 4.78 is 0. The molecule has 1 aromatic carbocycles. The van der Waals surface area contributed by atoms with Crippen LogP contribution in [-0.2, 0) is 6.42 Å². The van der Waals surface area contributed by atoms with E-state index in [2.05, 4.69) is 36.9 Å². The summed E-state index contributed by atoms with van der Waals surface area (Å²) in [7, 11) is 0. The number of hydrogen-bond donors (Lipinski definition) is 1. The highest BCUT2D eigenvalue weighted by Crippen LogP contribution is 2.30. The van der Waals surface area contributed by atoms with Crippen molar-refractivity contribution >= 4 is 5.69 Å². The smallest absolute Gasteiger partial charge is 0.0402 e. The molecule has 0 amide bonds. The van der Waals surface area contributed by atoms with Crippen LogP contribution in [0, 0.1) is 0 Å². The maximum atomic E-state index is 5.70. The molecule has 1 aliphatic heterocycles. The lowest BCUT2D eigenvalue weighted by Gasteiger charge is -2.18. The molecule has 2 nitrogen and oxygen atoms in total. The molecule has 0 fully saturated rings. The van der Waals surface area contributed by atoms with Gasteiger partial charge in [-0.2, -0.15) is 0 Å². The van der Waals surface area contributed by atoms with E-state index in [-0.39, 0.29) is 0 Å². The molecule has 0 saturated carbocycles. The SMILES string of the molecule is CCN1CCc2ccc(C(C)CN)cc21. The topological polar surface area (TPSA) is 29.3 Å². The molecule has 1 heterocycles. The lowest BCUT2D eigenvalue weighted by molar-refractivity contribution is 0.773. The van der Waals surface area contributed by atoms with Crippen molar-refractivity contribution < 1.29 is 0 Å². The molecule has 1 unspecified atom stereocenters. The largest absolute Gasteiger partial charge is 0.371 e. The van der Waals surface area contributed by atoms with E-state index in [1.807, 2.05) is 0 Å². The molecular formula is C13H20N2. The van der Waals surface area contributed by atoms with Gasteiger partial charge < -0.3 is 10.6 Å². The number of fused-ring (bicyclic) bond motifs is 1. The summed E-state index contributed by atoms with van der Waals surface area (Å²) in [5, 5.41) is 0. The quantitative estimate of drug-likeness (QED) is 0.817. The Morgan fingerprint density at radius 3 is 2.93 bits per heavy atom. The van der Waals surface area contributed by atoms with Crippen LogP contribution in [-0.4, -0.2) is 19.6 Å². The normalized spacial score (nSPS) is 16.6. The number of rotatable bonds is 3. The molecule has 0 aliphatic carbocycles. The van der Waals surface area contributed by atoms with E-state index in [1.165, 1.54) is 29.8 Å². The molecule has 0 aromatic heterocycles. The van der Waals surface area contributed by atoms with Gasteiger partial charge in [0.2, 0.25) is 0 Å². The average Bonchev–Trinajstić information content (AvgIpc) is 2.69. The Balaban J connectivity index is 2.32. The Kier molecular flexibility index (Phi) is 2.96. The van der Waals surface area contributed by atoms with Gasteiger partial charge in [0.25, 0.3) is 0 Å². The minimum absolute atomic E-state index is 0.467. The highest BCUT2D eigenvalue weighted by atomic mass is 15.1. The Morgan fingerprint density at radius 2 is 2.27 bits per heavy atom. The number of hydrogen-bond acceptors (Lipinski definition) is 2. The first-order chi connectivity index (χ1) is 7.26. The van der Waals surface area contributed by atoms with E-state index in [1.54, 1.807) is 0 Å². The molecule has 1 atom stereocenters. The number of likely N-dealkylation sites (N-methyl/N-ethyl adjacent to an activating group) is 1. The zero-order valence-corrected chi connectivity index (χ0v) is 9.66. The molecule has 1 aliphatic rings. The van der Waals surface area contributed by atoms with E-state index in [4.69, 9.17) is 5.73 Å². The van der Waals surface area contributed by atoms with Crippen LogP contribution in [0.4, 0.5) is 5.69 Å². The Hall–Kier alpha value is -1.02. The first-order valence-corrected chi connectivity index (χ1v) is 5.84. The minimum atomic E-state index is 0.467. The van der Waals surface area contributed by atoms with Gasteiger partial charge in [0.1, 0.15) is 0 Å². The van der Waals surface area contributed by atoms with Gasteiger partial charge in [0.05, 0.1) is 0 Å². The van der Waals surface area contributed by atoms with E-state index < -0.39 is 0 Å². The van der Waals surface area contributed by atoms with Gasteiger partial charge in [-0.15, -0.1) is 0 Å². The lowest BCUT2D eigenvalue weighted by Crippen LogP contribution is -2.19. The molecule has 2 heteroatoms. The van der Waals surface area contributed by atoms with Crippen molar-refractivity contribution in [3.05, 3.63) is 29.3 Å². The fourth-order valence-electron chi connectivity index (χ4n) is 2.23. The first-order valence-electron chi connectivity index (χ1n) is 5.84. The molecule has 15 heavy (non-hydrogen) atoms. The predicted molar refractivity (Wildman–Crippen MR) is 65.5 cm³/mol. The average molecular weight is 204 g/mol. The van der Waals surface area contributed by atoms with Crippen molar-refractivity contribution in [3.63, 3.8) is 0 Å². The highest BCUT2D eigenvalue weighted by molar-refractivity contribution is 5.59. The summed E-state index contributed by atoms with van der Waals surface area (Å²) in [5.41, 5.74) is 9.99. The van der Waals surface area contributed by atoms with Crippen molar-refractivity contribution in [1.29, 1.82) is 0 Å². The molecule has 82 valence electrons. The summed E-state index contributed by atoms with van der Waals surface area (Å²) >= 11 is 0. The third kappa shape index (κ3) is 1.86. The molecule has 0 saturated heterocycles. The third-order valence-corrected chi connectivity index (χ3v) is 3.41. The van der Waals surface area contributed by atoms with Crippen molar-refractivity contribution in [2.45, 2.75) is 26.2 Å². The van der Waals surface area contributed by atoms with Crippen LogP contribution < -0.4 is 10.6 Å². The molecular weight excluding hydrogens is 184 g/mol. The van der Waals surface area contributed by atoms with Crippen LogP contribution in [0.25, 0.3) is 0 Å². The van der Waals surface area contributed by atoms with Gasteiger partial charge in [0, 0.05) is 18.8 Å². The van der Waals surface area contributed by atoms with Gasteiger partial charge in [-0.25, -0.2) is 0 Å². The fourth-order valence-corrected chi connectivity index (χ4v) is 2.23. The second kappa shape index (κ2) is 4.23. The number of nitrogens with two attached hydrogens (primary N) is 1. The maximum absolute atomic E-state index is 5.70. The highest BCUT2D eigenvalue weighted by Gasteiger charge is 2.18. The standard InChI is InChI=1S/C13H20N2/c1-3-15-7-6-11-4-5-12(8-13(11)15)10(2)9-14/h4-5,8,10H,3,6-7,9,14H2,1-2H3. The van der Waals surface area contributed by atoms with Gasteiger partial charge in [-0.1, -0.05) is 19.1 Å². The summed E-state index contributed by atoms with van der Waals surface area (Å²) in [5.74, 6) is 0.467. The summed E-state index contributed by atoms with van der Waals surface area (Å²) in [6.07, 6.45) is 1.19. The molecule has 0 bridgehead atoms. The van der Waals surface area contributed by atoms with Crippen LogP contribution >= 0.6 is 0 Å². The zero-order valence-electron chi connectivity index (χ0n) is 9.66. The van der Waals surface area contributed by atoms with Gasteiger partial charge in [-0.05, 0) is 43.0 Å². The zero-order chi connectivity index (χ0) is 10.8. The summed E-state index contributed by atoms with van der Waals surface area (Å²) in [4.78, 5) is 2.45. The Bertz CT molecular complexity index is 346. The molecule has 2 rings (SSSR count). The van der Waals surface area contributed by atoms with Gasteiger partial charge in [0.15, 0.2) is 0 Å². The van der Waals surface area contributed by atoms with Crippen LogP contribution in [0.15, 0.2) is 18.2 Å². The van der Waals surface area contributed by atoms with Crippen molar-refractivity contribution in [2.75, 3.05) is 24.5 Å². The summed E-state index contributed by atoms with van der Waals surface area (Å²) in [6, 6.07) is 6.82. The second-order valence-electron chi connectivity index (χ2n) is 4.35. The molecule has 1 aromatic rings. The third-order valence-electron chi connectivity index (χ3n) is 3.41. The number of benzene rings is 1. The molecule has 0 spiro atoms. The second-order valence-corrected chi connectivity index (χ2v) is 4.35. The van der Waals surface area contributed by atoms with Gasteiger partial charge in [-0.3, -0.25) is 0 Å². The van der Waals surface area contributed by atoms with E-state index in [9.17, 15) is 0 Å². The van der Waals surface area contributed by atoms with Crippen LogP contribution in [0.1, 0.15) is 30.9 Å². The lowest BCUT2D eigenvalue weighted by atomic mass is 9.99. The van der Waals surface area contributed by atoms with Crippen molar-refractivity contribution in [1.82, 2.24) is 0 Å². The van der Waals surface area contributed by atoms with E-state index in [0.29, 0.717) is 5.92 Å². The summed E-state index contributed by atoms with van der Waals surface area (Å²) in [6.45, 7) is 7.41. The molecule has 0 radical (unpaired) electrons. The number of anilines is 1. The monoisotopic (exact) mass is 204 g/mol. The van der Waals surface area contributed by atoms with Crippen LogP contribution in [0.3, 0.4) is 0 Å². The van der Waals surface area contributed by atoms with Crippen molar-refractivity contribution in [2.24, 2.45) is 5.73 Å². The van der Waals surface area contributed by atoms with Crippen LogP contribution in [0.2, 0.25) is 0 Å². The Labute approximate surface area is 92.1 Å². The fraction of sp³-hybridized carbons (Fsp3) is 0.538. The molecule has 2 N–H and O–H groups in total. The van der Waals surface area contributed by atoms with Crippen LogP contribution in [0.5, 0.6) is 0 Å². The van der Waals surface area contributed by atoms with E-state index >= 15 is 0 Å². The van der Waals surface area contributed by atoms with Crippen molar-refractivity contribution in [3.8, 4) is 0 Å². The Morgan fingerprint density at radius 1 is 1.47 bits per heavy atom. The first kappa shape index (κ1) is 10.5. The minimum Gasteiger partial charge on any atom is -0.371 e. The van der Waals surface area contributed by atoms with Gasteiger partial charge >= 0.3 is 0 Å².